The van der Waals surface area contributed by atoms with Crippen molar-refractivity contribution >= 4 is 9.84 Å². The SMILES string of the molecule is CCC1CS(=O)(=O)CC1(C)F. The Hall–Kier alpha value is -0.120. The van der Waals surface area contributed by atoms with Crippen LogP contribution in [0.5, 0.6) is 0 Å². The van der Waals surface area contributed by atoms with Crippen LogP contribution in [0.4, 0.5) is 4.39 Å². The number of hydrogen-bond donors (Lipinski definition) is 0. The predicted molar refractivity (Wildman–Crippen MR) is 41.9 cm³/mol. The van der Waals surface area contributed by atoms with Gasteiger partial charge in [-0.1, -0.05) is 6.92 Å². The maximum Gasteiger partial charge on any atom is 0.153 e. The van der Waals surface area contributed by atoms with E-state index in [1.165, 1.54) is 6.92 Å². The van der Waals surface area contributed by atoms with Crippen molar-refractivity contribution in [3.05, 3.63) is 0 Å². The lowest BCUT2D eigenvalue weighted by atomic mass is 9.93. The van der Waals surface area contributed by atoms with Crippen molar-refractivity contribution in [2.75, 3.05) is 11.5 Å². The standard InChI is InChI=1S/C7H13FO2S/c1-3-6-4-11(9,10)5-7(6,2)8/h6H,3-5H2,1-2H3. The molecule has 0 aliphatic carbocycles. The fraction of sp³-hybridized carbons (Fsp3) is 1.00. The van der Waals surface area contributed by atoms with Crippen molar-refractivity contribution in [3.63, 3.8) is 0 Å². The molecule has 0 bridgehead atoms. The number of sulfone groups is 1. The Kier molecular flexibility index (Phi) is 1.99. The number of rotatable bonds is 1. The molecule has 2 unspecified atom stereocenters. The van der Waals surface area contributed by atoms with Gasteiger partial charge >= 0.3 is 0 Å². The molecule has 1 saturated heterocycles. The van der Waals surface area contributed by atoms with Gasteiger partial charge in [0.2, 0.25) is 0 Å². The Balaban J connectivity index is 2.88. The highest BCUT2D eigenvalue weighted by Crippen LogP contribution is 2.34. The van der Waals surface area contributed by atoms with Crippen molar-refractivity contribution < 1.29 is 12.8 Å². The van der Waals surface area contributed by atoms with E-state index in [0.29, 0.717) is 6.42 Å². The van der Waals surface area contributed by atoms with Gasteiger partial charge in [0.15, 0.2) is 9.84 Å². The zero-order valence-corrected chi connectivity index (χ0v) is 7.62. The fourth-order valence-corrected chi connectivity index (χ4v) is 4.04. The zero-order valence-electron chi connectivity index (χ0n) is 6.80. The zero-order chi connectivity index (χ0) is 8.70. The first-order valence-corrected chi connectivity index (χ1v) is 5.59. The molecule has 1 fully saturated rings. The van der Waals surface area contributed by atoms with E-state index < -0.39 is 15.5 Å². The highest BCUT2D eigenvalue weighted by molar-refractivity contribution is 7.91. The summed E-state index contributed by atoms with van der Waals surface area (Å²) in [5.74, 6) is -0.567. The van der Waals surface area contributed by atoms with Crippen LogP contribution in [0.3, 0.4) is 0 Å². The minimum absolute atomic E-state index is 0.0243. The van der Waals surface area contributed by atoms with Gasteiger partial charge in [0.25, 0.3) is 0 Å². The summed E-state index contributed by atoms with van der Waals surface area (Å²) in [7, 11) is -3.09. The van der Waals surface area contributed by atoms with Crippen LogP contribution in [-0.2, 0) is 9.84 Å². The maximum absolute atomic E-state index is 13.4. The number of halogens is 1. The molecule has 2 nitrogen and oxygen atoms in total. The summed E-state index contributed by atoms with van der Waals surface area (Å²) in [6, 6.07) is 0. The minimum atomic E-state index is -3.09. The third kappa shape index (κ3) is 1.72. The molecule has 1 aliphatic heterocycles. The second-order valence-electron chi connectivity index (χ2n) is 3.44. The highest BCUT2D eigenvalue weighted by atomic mass is 32.2. The Bertz CT molecular complexity index is 243. The normalized spacial score (nSPS) is 42.6. The molecule has 0 aromatic heterocycles. The van der Waals surface area contributed by atoms with E-state index in [4.69, 9.17) is 0 Å². The first-order chi connectivity index (χ1) is 4.87. The molecule has 0 N–H and O–H groups in total. The summed E-state index contributed by atoms with van der Waals surface area (Å²) < 4.78 is 35.3. The van der Waals surface area contributed by atoms with Gasteiger partial charge in [-0.15, -0.1) is 0 Å². The first-order valence-electron chi connectivity index (χ1n) is 3.77. The molecule has 4 heteroatoms. The predicted octanol–water partition coefficient (Wildman–Crippen LogP) is 1.17. The van der Waals surface area contributed by atoms with Gasteiger partial charge in [-0.05, 0) is 13.3 Å². The minimum Gasteiger partial charge on any atom is -0.243 e. The molecule has 1 rings (SSSR count). The molecule has 11 heavy (non-hydrogen) atoms. The van der Waals surface area contributed by atoms with Crippen molar-refractivity contribution in [2.45, 2.75) is 25.9 Å². The second-order valence-corrected chi connectivity index (χ2v) is 5.55. The van der Waals surface area contributed by atoms with Gasteiger partial charge in [0.05, 0.1) is 11.5 Å². The van der Waals surface area contributed by atoms with Gasteiger partial charge in [-0.25, -0.2) is 12.8 Å². The maximum atomic E-state index is 13.4. The van der Waals surface area contributed by atoms with Crippen molar-refractivity contribution in [2.24, 2.45) is 5.92 Å². The van der Waals surface area contributed by atoms with Gasteiger partial charge in [-0.3, -0.25) is 0 Å². The van der Waals surface area contributed by atoms with Crippen LogP contribution in [-0.4, -0.2) is 25.6 Å². The van der Waals surface area contributed by atoms with E-state index in [0.717, 1.165) is 0 Å². The third-order valence-electron chi connectivity index (χ3n) is 2.30. The lowest BCUT2D eigenvalue weighted by Crippen LogP contribution is -2.27. The molecule has 0 saturated carbocycles. The number of hydrogen-bond acceptors (Lipinski definition) is 2. The van der Waals surface area contributed by atoms with Crippen LogP contribution in [0.25, 0.3) is 0 Å². The van der Waals surface area contributed by atoms with Crippen LogP contribution in [0.1, 0.15) is 20.3 Å². The molecule has 1 heterocycles. The molecule has 1 aliphatic rings. The first kappa shape index (κ1) is 8.97. The lowest BCUT2D eigenvalue weighted by Gasteiger charge is -2.18. The monoisotopic (exact) mass is 180 g/mol. The van der Waals surface area contributed by atoms with Gasteiger partial charge in [0.1, 0.15) is 5.67 Å². The molecule has 0 radical (unpaired) electrons. The summed E-state index contributed by atoms with van der Waals surface area (Å²) in [5, 5.41) is 0. The van der Waals surface area contributed by atoms with E-state index in [-0.39, 0.29) is 17.4 Å². The second kappa shape index (κ2) is 2.44. The molecule has 0 aromatic carbocycles. The Labute approximate surface area is 66.7 Å². The van der Waals surface area contributed by atoms with Crippen LogP contribution in [0.15, 0.2) is 0 Å². The summed E-state index contributed by atoms with van der Waals surface area (Å²) >= 11 is 0. The third-order valence-corrected chi connectivity index (χ3v) is 4.22. The van der Waals surface area contributed by atoms with Crippen molar-refractivity contribution in [1.29, 1.82) is 0 Å². The highest BCUT2D eigenvalue weighted by Gasteiger charge is 2.46. The molecular weight excluding hydrogens is 167 g/mol. The molecule has 66 valence electrons. The van der Waals surface area contributed by atoms with E-state index in [9.17, 15) is 12.8 Å². The molecule has 0 amide bonds. The van der Waals surface area contributed by atoms with Crippen LogP contribution < -0.4 is 0 Å². The summed E-state index contributed by atoms with van der Waals surface area (Å²) in [5.41, 5.74) is -1.49. The van der Waals surface area contributed by atoms with E-state index in [1.54, 1.807) is 0 Å². The van der Waals surface area contributed by atoms with Crippen LogP contribution in [0.2, 0.25) is 0 Å². The van der Waals surface area contributed by atoms with E-state index in [1.807, 2.05) is 6.92 Å². The van der Waals surface area contributed by atoms with Gasteiger partial charge < -0.3 is 0 Å². The molecular formula is C7H13FO2S. The lowest BCUT2D eigenvalue weighted by molar-refractivity contribution is 0.152. The summed E-state index contributed by atoms with van der Waals surface area (Å²) in [6.07, 6.45) is 0.603. The Morgan fingerprint density at radius 3 is 2.36 bits per heavy atom. The van der Waals surface area contributed by atoms with E-state index >= 15 is 0 Å². The Morgan fingerprint density at radius 2 is 2.18 bits per heavy atom. The molecule has 0 aromatic rings. The average Bonchev–Trinajstić information content (AvgIpc) is 1.99. The molecule has 0 spiro atoms. The van der Waals surface area contributed by atoms with Crippen molar-refractivity contribution in [3.8, 4) is 0 Å². The summed E-state index contributed by atoms with van der Waals surface area (Å²) in [6.45, 7) is 3.20. The van der Waals surface area contributed by atoms with Gasteiger partial charge in [-0.2, -0.15) is 0 Å². The summed E-state index contributed by atoms with van der Waals surface area (Å²) in [4.78, 5) is 0. The van der Waals surface area contributed by atoms with E-state index in [2.05, 4.69) is 0 Å². The molecule has 2 atom stereocenters. The van der Waals surface area contributed by atoms with Crippen molar-refractivity contribution in [1.82, 2.24) is 0 Å². The average molecular weight is 180 g/mol. The Morgan fingerprint density at radius 1 is 1.64 bits per heavy atom. The van der Waals surface area contributed by atoms with Gasteiger partial charge in [0, 0.05) is 5.92 Å². The quantitative estimate of drug-likeness (QED) is 0.607. The fourth-order valence-electron chi connectivity index (χ4n) is 1.63. The van der Waals surface area contributed by atoms with Crippen LogP contribution in [0, 0.1) is 5.92 Å². The topological polar surface area (TPSA) is 34.1 Å². The smallest absolute Gasteiger partial charge is 0.153 e. The largest absolute Gasteiger partial charge is 0.243 e. The van der Waals surface area contributed by atoms with Crippen LogP contribution >= 0.6 is 0 Å². The number of alkyl halides is 1.